The molecule has 0 fully saturated rings. The molecule has 0 aliphatic carbocycles. The Morgan fingerprint density at radius 1 is 1.33 bits per heavy atom. The molecule has 0 saturated heterocycles. The maximum Gasteiger partial charge on any atom is 0.0992 e. The fourth-order valence-corrected chi connectivity index (χ4v) is 1.43. The van der Waals surface area contributed by atoms with Gasteiger partial charge in [0, 0.05) is 15.6 Å². The smallest absolute Gasteiger partial charge is 0.0992 e. The third-order valence-corrected chi connectivity index (χ3v) is 2.10. The van der Waals surface area contributed by atoms with E-state index in [0.717, 1.165) is 0 Å². The highest BCUT2D eigenvalue weighted by Gasteiger charge is 2.06. The summed E-state index contributed by atoms with van der Waals surface area (Å²) in [4.78, 5) is 0. The van der Waals surface area contributed by atoms with Gasteiger partial charge in [-0.2, -0.15) is 5.26 Å². The molecule has 0 aromatic heterocycles. The summed E-state index contributed by atoms with van der Waals surface area (Å²) < 4.78 is 0. The van der Waals surface area contributed by atoms with Gasteiger partial charge in [0.1, 0.15) is 0 Å². The second kappa shape index (κ2) is 3.77. The van der Waals surface area contributed by atoms with Crippen LogP contribution in [-0.2, 0) is 6.61 Å². The molecule has 0 saturated carbocycles. The van der Waals surface area contributed by atoms with Crippen LogP contribution >= 0.6 is 23.2 Å². The lowest BCUT2D eigenvalue weighted by molar-refractivity contribution is 0.282. The predicted octanol–water partition coefficient (Wildman–Crippen LogP) is 2.36. The van der Waals surface area contributed by atoms with Crippen molar-refractivity contribution in [2.45, 2.75) is 6.61 Å². The summed E-state index contributed by atoms with van der Waals surface area (Å²) in [6, 6.07) is 4.85. The highest BCUT2D eigenvalue weighted by Crippen LogP contribution is 2.26. The number of hydrogen-bond acceptors (Lipinski definition) is 2. The Morgan fingerprint density at radius 2 is 1.83 bits per heavy atom. The number of nitrogens with zero attached hydrogens (tertiary/aromatic N) is 1. The Balaban J connectivity index is 3.30. The van der Waals surface area contributed by atoms with Gasteiger partial charge >= 0.3 is 0 Å². The number of hydrogen-bond donors (Lipinski definition) is 1. The second-order valence-corrected chi connectivity index (χ2v) is 3.00. The van der Waals surface area contributed by atoms with Crippen molar-refractivity contribution in [1.82, 2.24) is 0 Å². The van der Waals surface area contributed by atoms with Gasteiger partial charge in [0.25, 0.3) is 0 Å². The van der Waals surface area contributed by atoms with Crippen LogP contribution in [0.5, 0.6) is 0 Å². The van der Waals surface area contributed by atoms with Crippen LogP contribution in [-0.4, -0.2) is 5.11 Å². The van der Waals surface area contributed by atoms with Crippen molar-refractivity contribution >= 4 is 23.2 Å². The highest BCUT2D eigenvalue weighted by atomic mass is 35.5. The minimum atomic E-state index is -0.219. The molecular formula is C8H5Cl2NO. The largest absolute Gasteiger partial charge is 0.392 e. The van der Waals surface area contributed by atoms with E-state index in [-0.39, 0.29) is 6.61 Å². The quantitative estimate of drug-likeness (QED) is 0.759. The summed E-state index contributed by atoms with van der Waals surface area (Å²) >= 11 is 11.4. The van der Waals surface area contributed by atoms with E-state index in [4.69, 9.17) is 33.6 Å². The van der Waals surface area contributed by atoms with Crippen molar-refractivity contribution in [3.8, 4) is 6.07 Å². The van der Waals surface area contributed by atoms with Gasteiger partial charge in [0.05, 0.1) is 18.2 Å². The summed E-state index contributed by atoms with van der Waals surface area (Å²) in [5.74, 6) is 0. The van der Waals surface area contributed by atoms with Crippen LogP contribution in [0.3, 0.4) is 0 Å². The molecule has 12 heavy (non-hydrogen) atoms. The molecule has 0 atom stereocenters. The lowest BCUT2D eigenvalue weighted by Gasteiger charge is -2.02. The third kappa shape index (κ3) is 1.70. The van der Waals surface area contributed by atoms with Gasteiger partial charge in [-0.3, -0.25) is 0 Å². The van der Waals surface area contributed by atoms with Gasteiger partial charge in [0.2, 0.25) is 0 Å². The molecule has 2 nitrogen and oxygen atoms in total. The van der Waals surface area contributed by atoms with E-state index in [1.807, 2.05) is 6.07 Å². The first-order valence-corrected chi connectivity index (χ1v) is 3.93. The van der Waals surface area contributed by atoms with Crippen molar-refractivity contribution in [3.63, 3.8) is 0 Å². The molecule has 0 unspecified atom stereocenters. The highest BCUT2D eigenvalue weighted by molar-refractivity contribution is 6.36. The molecule has 1 N–H and O–H groups in total. The number of rotatable bonds is 1. The second-order valence-electron chi connectivity index (χ2n) is 2.19. The summed E-state index contributed by atoms with van der Waals surface area (Å²) in [5, 5.41) is 18.0. The maximum atomic E-state index is 8.81. The Bertz CT molecular complexity index is 320. The zero-order valence-corrected chi connectivity index (χ0v) is 7.52. The van der Waals surface area contributed by atoms with E-state index < -0.39 is 0 Å². The van der Waals surface area contributed by atoms with Gasteiger partial charge in [-0.15, -0.1) is 0 Å². The zero-order chi connectivity index (χ0) is 9.14. The van der Waals surface area contributed by atoms with Crippen LogP contribution in [0, 0.1) is 11.3 Å². The minimum absolute atomic E-state index is 0.219. The van der Waals surface area contributed by atoms with Crippen molar-refractivity contribution < 1.29 is 5.11 Å². The number of nitriles is 1. The van der Waals surface area contributed by atoms with Gasteiger partial charge in [-0.1, -0.05) is 23.2 Å². The van der Waals surface area contributed by atoms with Crippen LogP contribution in [0.4, 0.5) is 0 Å². The van der Waals surface area contributed by atoms with Gasteiger partial charge in [-0.25, -0.2) is 0 Å². The van der Waals surface area contributed by atoms with E-state index in [9.17, 15) is 0 Å². The molecule has 0 spiro atoms. The van der Waals surface area contributed by atoms with Gasteiger partial charge in [0.15, 0.2) is 0 Å². The van der Waals surface area contributed by atoms with Crippen molar-refractivity contribution in [2.75, 3.05) is 0 Å². The molecule has 0 aliphatic rings. The van der Waals surface area contributed by atoms with Crippen LogP contribution < -0.4 is 0 Å². The van der Waals surface area contributed by atoms with Crippen molar-refractivity contribution in [2.24, 2.45) is 0 Å². The maximum absolute atomic E-state index is 8.81. The van der Waals surface area contributed by atoms with E-state index >= 15 is 0 Å². The molecule has 1 aromatic rings. The summed E-state index contributed by atoms with van der Waals surface area (Å²) in [6.07, 6.45) is 0. The van der Waals surface area contributed by atoms with Crippen LogP contribution in [0.1, 0.15) is 11.1 Å². The van der Waals surface area contributed by atoms with Crippen LogP contribution in [0.15, 0.2) is 12.1 Å². The lowest BCUT2D eigenvalue weighted by atomic mass is 10.1. The van der Waals surface area contributed by atoms with Crippen LogP contribution in [0.2, 0.25) is 10.0 Å². The first-order chi connectivity index (χ1) is 5.69. The fourth-order valence-electron chi connectivity index (χ4n) is 0.819. The van der Waals surface area contributed by atoms with E-state index in [2.05, 4.69) is 0 Å². The summed E-state index contributed by atoms with van der Waals surface area (Å²) in [6.45, 7) is -0.219. The first kappa shape index (κ1) is 9.34. The average Bonchev–Trinajstić information content (AvgIpc) is 2.03. The minimum Gasteiger partial charge on any atom is -0.392 e. The standard InChI is InChI=1S/C8H5Cl2NO/c9-7-1-5(3-11)2-8(10)6(7)4-12/h1-2,12H,4H2. The number of aliphatic hydroxyl groups excluding tert-OH is 1. The SMILES string of the molecule is N#Cc1cc(Cl)c(CO)c(Cl)c1. The Morgan fingerprint density at radius 3 is 2.17 bits per heavy atom. The normalized spacial score (nSPS) is 9.50. The molecule has 0 radical (unpaired) electrons. The number of aliphatic hydroxyl groups is 1. The molecule has 0 heterocycles. The molecular weight excluding hydrogens is 197 g/mol. The van der Waals surface area contributed by atoms with Gasteiger partial charge in [-0.05, 0) is 12.1 Å². The molecule has 0 amide bonds. The molecule has 4 heteroatoms. The number of halogens is 2. The first-order valence-electron chi connectivity index (χ1n) is 3.18. The lowest BCUT2D eigenvalue weighted by Crippen LogP contribution is -1.88. The number of benzene rings is 1. The van der Waals surface area contributed by atoms with E-state index in [0.29, 0.717) is 21.2 Å². The average molecular weight is 202 g/mol. The van der Waals surface area contributed by atoms with Crippen molar-refractivity contribution in [3.05, 3.63) is 33.3 Å². The molecule has 0 aliphatic heterocycles. The van der Waals surface area contributed by atoms with E-state index in [1.165, 1.54) is 12.1 Å². The monoisotopic (exact) mass is 201 g/mol. The molecule has 1 aromatic carbocycles. The predicted molar refractivity (Wildman–Crippen MR) is 47.1 cm³/mol. The Labute approximate surface area is 80.0 Å². The Hall–Kier alpha value is -0.750. The molecule has 62 valence electrons. The molecule has 1 rings (SSSR count). The van der Waals surface area contributed by atoms with Crippen LogP contribution in [0.25, 0.3) is 0 Å². The Kier molecular flexibility index (Phi) is 2.93. The summed E-state index contributed by atoms with van der Waals surface area (Å²) in [7, 11) is 0. The van der Waals surface area contributed by atoms with Crippen molar-refractivity contribution in [1.29, 1.82) is 5.26 Å². The zero-order valence-electron chi connectivity index (χ0n) is 6.01. The topological polar surface area (TPSA) is 44.0 Å². The fraction of sp³-hybridized carbons (Fsp3) is 0.125. The van der Waals surface area contributed by atoms with E-state index in [1.54, 1.807) is 0 Å². The van der Waals surface area contributed by atoms with Gasteiger partial charge < -0.3 is 5.11 Å². The summed E-state index contributed by atoms with van der Waals surface area (Å²) in [5.41, 5.74) is 0.847. The third-order valence-electron chi connectivity index (χ3n) is 1.43. The molecule has 0 bridgehead atoms.